The van der Waals surface area contributed by atoms with Gasteiger partial charge in [0.05, 0.1) is 10.6 Å². The van der Waals surface area contributed by atoms with Gasteiger partial charge in [0.2, 0.25) is 0 Å². The molecule has 0 radical (unpaired) electrons. The lowest BCUT2D eigenvalue weighted by Gasteiger charge is -2.23. The second kappa shape index (κ2) is 7.54. The second-order valence-electron chi connectivity index (χ2n) is 5.27. The number of nitro benzene ring substituents is 1. The number of anilines is 1. The lowest BCUT2D eigenvalue weighted by molar-refractivity contribution is -0.384. The molecule has 7 heteroatoms. The third-order valence-electron chi connectivity index (χ3n) is 3.73. The van der Waals surface area contributed by atoms with E-state index in [0.29, 0.717) is 11.4 Å². The Labute approximate surface area is 140 Å². The predicted octanol–water partition coefficient (Wildman–Crippen LogP) is 4.87. The van der Waals surface area contributed by atoms with Crippen molar-refractivity contribution in [3.63, 3.8) is 0 Å². The highest BCUT2D eigenvalue weighted by Crippen LogP contribution is 2.35. The van der Waals surface area contributed by atoms with Crippen LogP contribution in [0.3, 0.4) is 0 Å². The molecular formula is C17H20N4O3. The molecule has 2 aromatic rings. The van der Waals surface area contributed by atoms with Crippen molar-refractivity contribution in [1.82, 2.24) is 0 Å². The van der Waals surface area contributed by atoms with Gasteiger partial charge in [0.25, 0.3) is 5.69 Å². The van der Waals surface area contributed by atoms with Crippen LogP contribution in [-0.4, -0.2) is 23.1 Å². The lowest BCUT2D eigenvalue weighted by atomic mass is 10.1. The number of nitrogens with zero attached hydrogens (tertiary/aromatic N) is 4. The van der Waals surface area contributed by atoms with Crippen molar-refractivity contribution >= 4 is 22.7 Å². The molecule has 0 aliphatic rings. The quantitative estimate of drug-likeness (QED) is 0.465. The molecule has 0 aliphatic carbocycles. The van der Waals surface area contributed by atoms with E-state index in [0.717, 1.165) is 24.3 Å². The zero-order chi connectivity index (χ0) is 17.7. The van der Waals surface area contributed by atoms with E-state index in [2.05, 4.69) is 29.0 Å². The van der Waals surface area contributed by atoms with Gasteiger partial charge in [-0.25, -0.2) is 0 Å². The summed E-state index contributed by atoms with van der Waals surface area (Å²) in [6, 6.07) is 9.21. The van der Waals surface area contributed by atoms with Crippen molar-refractivity contribution in [1.29, 1.82) is 0 Å². The van der Waals surface area contributed by atoms with Crippen molar-refractivity contribution in [3.05, 3.63) is 52.1 Å². The number of aromatic hydroxyl groups is 1. The summed E-state index contributed by atoms with van der Waals surface area (Å²) in [5, 5.41) is 28.9. The first-order valence-electron chi connectivity index (χ1n) is 7.71. The standard InChI is InChI=1S/C17H20N4O3/c1-4-20(5-2)16-11-17(22)15(10-12(16)3)19-18-13-6-8-14(9-7-13)21(23)24/h6-11,22H,4-5H2,1-3H3/b19-18+. The van der Waals surface area contributed by atoms with Crippen LogP contribution < -0.4 is 4.90 Å². The number of benzene rings is 2. The SMILES string of the molecule is CCN(CC)c1cc(O)c(/N=N/c2ccc([N+](=O)[O-])cc2)cc1C. The summed E-state index contributed by atoms with van der Waals surface area (Å²) in [5.74, 6) is 0.0492. The van der Waals surface area contributed by atoms with Gasteiger partial charge >= 0.3 is 0 Å². The molecule has 1 N–H and O–H groups in total. The van der Waals surface area contributed by atoms with Gasteiger partial charge in [0.15, 0.2) is 0 Å². The van der Waals surface area contributed by atoms with Gasteiger partial charge < -0.3 is 10.0 Å². The second-order valence-corrected chi connectivity index (χ2v) is 5.27. The summed E-state index contributed by atoms with van der Waals surface area (Å²) in [5.41, 5.74) is 2.80. The van der Waals surface area contributed by atoms with E-state index >= 15 is 0 Å². The van der Waals surface area contributed by atoms with Crippen LogP contribution in [0.5, 0.6) is 5.75 Å². The molecule has 0 atom stereocenters. The molecule has 2 rings (SSSR count). The Hall–Kier alpha value is -2.96. The first kappa shape index (κ1) is 17.4. The molecular weight excluding hydrogens is 308 g/mol. The molecule has 0 unspecified atom stereocenters. The van der Waals surface area contributed by atoms with Crippen LogP contribution in [0.1, 0.15) is 19.4 Å². The first-order valence-corrected chi connectivity index (χ1v) is 7.71. The molecule has 126 valence electrons. The maximum Gasteiger partial charge on any atom is 0.269 e. The van der Waals surface area contributed by atoms with E-state index in [1.165, 1.54) is 24.3 Å². The normalized spacial score (nSPS) is 11.0. The summed E-state index contributed by atoms with van der Waals surface area (Å²) in [6.07, 6.45) is 0. The fourth-order valence-electron chi connectivity index (χ4n) is 2.41. The number of non-ortho nitro benzene ring substituents is 1. The van der Waals surface area contributed by atoms with Crippen LogP contribution >= 0.6 is 0 Å². The number of azo groups is 1. The Morgan fingerprint density at radius 3 is 2.29 bits per heavy atom. The van der Waals surface area contributed by atoms with E-state index < -0.39 is 4.92 Å². The third-order valence-corrected chi connectivity index (χ3v) is 3.73. The van der Waals surface area contributed by atoms with Gasteiger partial charge in [0.1, 0.15) is 11.4 Å². The molecule has 24 heavy (non-hydrogen) atoms. The molecule has 7 nitrogen and oxygen atoms in total. The van der Waals surface area contributed by atoms with Gasteiger partial charge in [-0.1, -0.05) is 0 Å². The number of phenols is 1. The zero-order valence-corrected chi connectivity index (χ0v) is 13.9. The number of hydrogen-bond acceptors (Lipinski definition) is 6. The monoisotopic (exact) mass is 328 g/mol. The van der Waals surface area contributed by atoms with Crippen LogP contribution in [0.25, 0.3) is 0 Å². The maximum absolute atomic E-state index is 10.6. The maximum atomic E-state index is 10.6. The van der Waals surface area contributed by atoms with E-state index in [-0.39, 0.29) is 11.4 Å². The summed E-state index contributed by atoms with van der Waals surface area (Å²) in [7, 11) is 0. The average molecular weight is 328 g/mol. The Kier molecular flexibility index (Phi) is 5.47. The fourth-order valence-corrected chi connectivity index (χ4v) is 2.41. The third kappa shape index (κ3) is 3.87. The number of nitro groups is 1. The summed E-state index contributed by atoms with van der Waals surface area (Å²) < 4.78 is 0. The zero-order valence-electron chi connectivity index (χ0n) is 13.9. The summed E-state index contributed by atoms with van der Waals surface area (Å²) >= 11 is 0. The van der Waals surface area contributed by atoms with Gasteiger partial charge in [-0.15, -0.1) is 5.11 Å². The molecule has 0 amide bonds. The highest BCUT2D eigenvalue weighted by molar-refractivity contribution is 5.65. The Morgan fingerprint density at radius 1 is 1.12 bits per heavy atom. The molecule has 0 fully saturated rings. The minimum Gasteiger partial charge on any atom is -0.506 e. The van der Waals surface area contributed by atoms with Gasteiger partial charge in [0, 0.05) is 37.0 Å². The number of aryl methyl sites for hydroxylation is 1. The highest BCUT2D eigenvalue weighted by Gasteiger charge is 2.11. The van der Waals surface area contributed by atoms with E-state index in [1.54, 1.807) is 12.1 Å². The average Bonchev–Trinajstić information content (AvgIpc) is 2.57. The van der Waals surface area contributed by atoms with Crippen LogP contribution in [0.15, 0.2) is 46.6 Å². The fraction of sp³-hybridized carbons (Fsp3) is 0.294. The van der Waals surface area contributed by atoms with E-state index in [4.69, 9.17) is 0 Å². The predicted molar refractivity (Wildman–Crippen MR) is 93.7 cm³/mol. The molecule has 0 aromatic heterocycles. The Balaban J connectivity index is 2.26. The molecule has 0 heterocycles. The molecule has 0 spiro atoms. The van der Waals surface area contributed by atoms with Crippen molar-refractivity contribution in [2.75, 3.05) is 18.0 Å². The van der Waals surface area contributed by atoms with Crippen LogP contribution in [-0.2, 0) is 0 Å². The molecule has 0 saturated heterocycles. The Bertz CT molecular complexity index is 753. The molecule has 2 aromatic carbocycles. The lowest BCUT2D eigenvalue weighted by Crippen LogP contribution is -2.22. The molecule has 0 saturated carbocycles. The van der Waals surface area contributed by atoms with Crippen LogP contribution in [0.2, 0.25) is 0 Å². The number of phenolic OH excluding ortho intramolecular Hbond substituents is 1. The van der Waals surface area contributed by atoms with E-state index in [1.807, 2.05) is 6.92 Å². The molecule has 0 bridgehead atoms. The highest BCUT2D eigenvalue weighted by atomic mass is 16.6. The number of rotatable bonds is 6. The number of hydrogen-bond donors (Lipinski definition) is 1. The summed E-state index contributed by atoms with van der Waals surface area (Å²) in [6.45, 7) is 7.77. The van der Waals surface area contributed by atoms with Crippen LogP contribution in [0, 0.1) is 17.0 Å². The first-order chi connectivity index (χ1) is 11.5. The van der Waals surface area contributed by atoms with Crippen molar-refractivity contribution in [2.24, 2.45) is 10.2 Å². The molecule has 0 aliphatic heterocycles. The van der Waals surface area contributed by atoms with Crippen molar-refractivity contribution in [2.45, 2.75) is 20.8 Å². The van der Waals surface area contributed by atoms with Crippen molar-refractivity contribution < 1.29 is 10.0 Å². The Morgan fingerprint density at radius 2 is 1.75 bits per heavy atom. The minimum absolute atomic E-state index is 0.00350. The van der Waals surface area contributed by atoms with E-state index in [9.17, 15) is 15.2 Å². The topological polar surface area (TPSA) is 91.3 Å². The summed E-state index contributed by atoms with van der Waals surface area (Å²) in [4.78, 5) is 12.3. The van der Waals surface area contributed by atoms with Crippen LogP contribution in [0.4, 0.5) is 22.7 Å². The van der Waals surface area contributed by atoms with Gasteiger partial charge in [-0.3, -0.25) is 10.1 Å². The van der Waals surface area contributed by atoms with Crippen molar-refractivity contribution in [3.8, 4) is 5.75 Å². The van der Waals surface area contributed by atoms with Gasteiger partial charge in [-0.2, -0.15) is 5.11 Å². The smallest absolute Gasteiger partial charge is 0.269 e. The largest absolute Gasteiger partial charge is 0.506 e. The minimum atomic E-state index is -0.470. The van der Waals surface area contributed by atoms with Gasteiger partial charge in [-0.05, 0) is 44.5 Å².